The Hall–Kier alpha value is -4.62. The van der Waals surface area contributed by atoms with Crippen molar-refractivity contribution in [3.63, 3.8) is 0 Å². The molecule has 238 valence electrons. The minimum Gasteiger partial charge on any atom is -0.457 e. The van der Waals surface area contributed by atoms with E-state index >= 15 is 0 Å². The van der Waals surface area contributed by atoms with Gasteiger partial charge in [-0.1, -0.05) is 5.16 Å². The van der Waals surface area contributed by atoms with E-state index in [0.717, 1.165) is 24.2 Å². The van der Waals surface area contributed by atoms with Gasteiger partial charge in [-0.3, -0.25) is 0 Å². The SMILES string of the molecule is CC(C)(C)OC(=O)COC(=O)N1CCC(c2cnc(-c3c(-c4nn(C(C)(C)C)c5ncnc(N)c45)noc3C3CC3)nc2)CC1. The number of likely N-dealkylation sites (tertiary alicyclic amines) is 1. The van der Waals surface area contributed by atoms with Crippen molar-refractivity contribution in [2.75, 3.05) is 25.4 Å². The van der Waals surface area contributed by atoms with Gasteiger partial charge < -0.3 is 24.6 Å². The maximum atomic E-state index is 12.5. The molecule has 14 heteroatoms. The van der Waals surface area contributed by atoms with Gasteiger partial charge in [-0.05, 0) is 78.7 Å². The van der Waals surface area contributed by atoms with Crippen molar-refractivity contribution in [3.8, 4) is 22.8 Å². The molecule has 0 spiro atoms. The predicted octanol–water partition coefficient (Wildman–Crippen LogP) is 4.81. The lowest BCUT2D eigenvalue weighted by molar-refractivity contribution is -0.158. The number of hydrogen-bond acceptors (Lipinski definition) is 12. The lowest BCUT2D eigenvalue weighted by atomic mass is 9.91. The number of hydrogen-bond donors (Lipinski definition) is 1. The number of ether oxygens (including phenoxy) is 2. The summed E-state index contributed by atoms with van der Waals surface area (Å²) >= 11 is 0. The third kappa shape index (κ3) is 6.31. The highest BCUT2D eigenvalue weighted by atomic mass is 16.6. The minimum atomic E-state index is -0.638. The molecule has 2 aliphatic rings. The fourth-order valence-corrected chi connectivity index (χ4v) is 5.57. The summed E-state index contributed by atoms with van der Waals surface area (Å²) < 4.78 is 18.1. The number of fused-ring (bicyclic) bond motifs is 1. The summed E-state index contributed by atoms with van der Waals surface area (Å²) in [5, 5.41) is 9.99. The first-order valence-corrected chi connectivity index (χ1v) is 15.3. The summed E-state index contributed by atoms with van der Waals surface area (Å²) in [4.78, 5) is 44.3. The first-order valence-electron chi connectivity index (χ1n) is 15.3. The summed E-state index contributed by atoms with van der Waals surface area (Å²) in [6.45, 7) is 12.0. The van der Waals surface area contributed by atoms with Crippen LogP contribution in [0.3, 0.4) is 0 Å². The summed E-state index contributed by atoms with van der Waals surface area (Å²) in [5.41, 5.74) is 8.68. The van der Waals surface area contributed by atoms with Crippen molar-refractivity contribution in [2.24, 2.45) is 0 Å². The van der Waals surface area contributed by atoms with Crippen LogP contribution in [-0.2, 0) is 19.8 Å². The molecule has 4 aromatic rings. The Kier molecular flexibility index (Phi) is 7.69. The molecule has 1 amide bonds. The van der Waals surface area contributed by atoms with Crippen molar-refractivity contribution in [1.82, 2.24) is 39.8 Å². The van der Waals surface area contributed by atoms with E-state index in [2.05, 4.69) is 15.1 Å². The summed E-state index contributed by atoms with van der Waals surface area (Å²) in [7, 11) is 0. The molecule has 0 aromatic carbocycles. The third-order valence-electron chi connectivity index (χ3n) is 7.87. The molecule has 6 rings (SSSR count). The van der Waals surface area contributed by atoms with Crippen LogP contribution >= 0.6 is 0 Å². The lowest BCUT2D eigenvalue weighted by Gasteiger charge is -2.31. The molecule has 1 saturated heterocycles. The Morgan fingerprint density at radius 3 is 2.27 bits per heavy atom. The Balaban J connectivity index is 1.21. The molecule has 0 radical (unpaired) electrons. The van der Waals surface area contributed by atoms with Gasteiger partial charge in [0.05, 0.1) is 16.5 Å². The highest BCUT2D eigenvalue weighted by Crippen LogP contribution is 2.48. The zero-order chi connectivity index (χ0) is 32.1. The summed E-state index contributed by atoms with van der Waals surface area (Å²) in [6.07, 6.45) is 8.01. The number of aromatic nitrogens is 7. The van der Waals surface area contributed by atoms with Gasteiger partial charge in [0.1, 0.15) is 29.1 Å². The molecule has 0 bridgehead atoms. The quantitative estimate of drug-likeness (QED) is 0.292. The van der Waals surface area contributed by atoms with Crippen molar-refractivity contribution in [3.05, 3.63) is 30.0 Å². The molecule has 4 aromatic heterocycles. The van der Waals surface area contributed by atoms with E-state index in [9.17, 15) is 9.59 Å². The predicted molar refractivity (Wildman–Crippen MR) is 164 cm³/mol. The molecule has 1 saturated carbocycles. The van der Waals surface area contributed by atoms with Crippen LogP contribution in [0.15, 0.2) is 23.2 Å². The molecule has 14 nitrogen and oxygen atoms in total. The monoisotopic (exact) mass is 617 g/mol. The molecule has 0 unspecified atom stereocenters. The zero-order valence-corrected chi connectivity index (χ0v) is 26.5. The van der Waals surface area contributed by atoms with E-state index in [4.69, 9.17) is 34.8 Å². The first kappa shape index (κ1) is 30.4. The Morgan fingerprint density at radius 2 is 1.64 bits per heavy atom. The fraction of sp³-hybridized carbons (Fsp3) is 0.548. The van der Waals surface area contributed by atoms with Gasteiger partial charge in [0.15, 0.2) is 23.8 Å². The largest absolute Gasteiger partial charge is 0.457 e. The molecule has 1 aliphatic heterocycles. The van der Waals surface area contributed by atoms with Gasteiger partial charge >= 0.3 is 12.1 Å². The van der Waals surface area contributed by atoms with Crippen molar-refractivity contribution >= 4 is 28.9 Å². The van der Waals surface area contributed by atoms with Gasteiger partial charge in [0.2, 0.25) is 0 Å². The van der Waals surface area contributed by atoms with Crippen molar-refractivity contribution in [2.45, 2.75) is 90.2 Å². The van der Waals surface area contributed by atoms with Crippen LogP contribution < -0.4 is 5.73 Å². The molecule has 1 aliphatic carbocycles. The second kappa shape index (κ2) is 11.4. The lowest BCUT2D eigenvalue weighted by Crippen LogP contribution is -2.39. The van der Waals surface area contributed by atoms with Crippen LogP contribution in [0.4, 0.5) is 10.6 Å². The van der Waals surface area contributed by atoms with Crippen molar-refractivity contribution < 1.29 is 23.6 Å². The zero-order valence-electron chi connectivity index (χ0n) is 26.5. The average molecular weight is 618 g/mol. The van der Waals surface area contributed by atoms with E-state index in [1.54, 1.807) is 25.7 Å². The van der Waals surface area contributed by atoms with Crippen LogP contribution in [0.5, 0.6) is 0 Å². The van der Waals surface area contributed by atoms with Gasteiger partial charge in [-0.25, -0.2) is 34.2 Å². The maximum Gasteiger partial charge on any atom is 0.410 e. The van der Waals surface area contributed by atoms with Gasteiger partial charge in [-0.15, -0.1) is 0 Å². The minimum absolute atomic E-state index is 0.169. The molecule has 2 fully saturated rings. The molecule has 45 heavy (non-hydrogen) atoms. The number of anilines is 1. The second-order valence-corrected chi connectivity index (χ2v) is 13.7. The second-order valence-electron chi connectivity index (χ2n) is 13.7. The van der Waals surface area contributed by atoms with Crippen LogP contribution in [0.2, 0.25) is 0 Å². The highest BCUT2D eigenvalue weighted by molar-refractivity contribution is 6.00. The van der Waals surface area contributed by atoms with Crippen LogP contribution in [0.25, 0.3) is 33.8 Å². The summed E-state index contributed by atoms with van der Waals surface area (Å²) in [5.74, 6) is 1.38. The van der Waals surface area contributed by atoms with Crippen molar-refractivity contribution in [1.29, 1.82) is 0 Å². The molecular weight excluding hydrogens is 578 g/mol. The number of nitrogen functional groups attached to an aromatic ring is 1. The first-order chi connectivity index (χ1) is 21.3. The number of carbonyl (C=O) groups excluding carboxylic acids is 2. The van der Waals surface area contributed by atoms with E-state index in [0.29, 0.717) is 65.6 Å². The number of esters is 1. The maximum absolute atomic E-state index is 12.5. The molecule has 2 N–H and O–H groups in total. The molecular formula is C31H39N9O5. The number of amides is 1. The number of nitrogens with two attached hydrogens (primary N) is 1. The van der Waals surface area contributed by atoms with E-state index in [1.807, 2.05) is 37.8 Å². The van der Waals surface area contributed by atoms with E-state index < -0.39 is 24.3 Å². The van der Waals surface area contributed by atoms with Gasteiger partial charge in [0.25, 0.3) is 0 Å². The number of nitrogens with zero attached hydrogens (tertiary/aromatic N) is 8. The fourth-order valence-electron chi connectivity index (χ4n) is 5.57. The summed E-state index contributed by atoms with van der Waals surface area (Å²) in [6, 6.07) is 0. The Labute approximate surface area is 260 Å². The van der Waals surface area contributed by atoms with E-state index in [-0.39, 0.29) is 17.4 Å². The smallest absolute Gasteiger partial charge is 0.410 e. The van der Waals surface area contributed by atoms with Gasteiger partial charge in [-0.2, -0.15) is 5.10 Å². The normalized spacial score (nSPS) is 16.3. The van der Waals surface area contributed by atoms with Crippen LogP contribution in [0, 0.1) is 0 Å². The highest BCUT2D eigenvalue weighted by Gasteiger charge is 2.37. The molecule has 0 atom stereocenters. The van der Waals surface area contributed by atoms with Gasteiger partial charge in [0, 0.05) is 31.4 Å². The Bertz CT molecular complexity index is 1720. The average Bonchev–Trinajstić information content (AvgIpc) is 3.60. The standard InChI is InChI=1S/C31H39N9O5/c1-30(2,3)40-28-22(26(32)35-16-36-28)23(37-40)24-21(25(45-38-24)18-7-8-18)27-33-13-19(14-34-27)17-9-11-39(12-10-17)29(42)43-15-20(41)44-31(4,5)6/h13-14,16-18H,7-12,15H2,1-6H3,(H2,32,35,36). The number of piperidine rings is 1. The van der Waals surface area contributed by atoms with E-state index in [1.165, 1.54) is 6.33 Å². The topological polar surface area (TPSA) is 177 Å². The van der Waals surface area contributed by atoms with Crippen LogP contribution in [0.1, 0.15) is 90.4 Å². The number of carbonyl (C=O) groups is 2. The number of rotatable bonds is 6. The van der Waals surface area contributed by atoms with Crippen LogP contribution in [-0.4, -0.2) is 77.1 Å². The molecule has 5 heterocycles. The Morgan fingerprint density at radius 1 is 0.956 bits per heavy atom. The third-order valence-corrected chi connectivity index (χ3v) is 7.87.